The minimum Gasteiger partial charge on any atom is -0.361 e. The first-order valence-electron chi connectivity index (χ1n) is 10.0. The van der Waals surface area contributed by atoms with Crippen LogP contribution in [0.2, 0.25) is 0 Å². The molecule has 1 aromatic carbocycles. The number of hydrogen-bond donors (Lipinski definition) is 2. The standard InChI is InChI=1S/C23H21N7/c24-11-17-6-7-18(12-26-17)29-23-14-27-21(13-28-23)22-5-2-10-30(22)15-16-3-1-4-20-19(16)8-9-25-20/h1,3-4,6-9,12-14,22,25H,2,5,10,15H2,(H,28,29)/t22-/m0/s1. The molecule has 3 aromatic heterocycles. The first-order chi connectivity index (χ1) is 14.8. The zero-order valence-electron chi connectivity index (χ0n) is 16.4. The van der Waals surface area contributed by atoms with E-state index >= 15 is 0 Å². The average Bonchev–Trinajstić information content (AvgIpc) is 3.45. The molecule has 1 saturated heterocycles. The summed E-state index contributed by atoms with van der Waals surface area (Å²) < 4.78 is 0. The van der Waals surface area contributed by atoms with Gasteiger partial charge in [0.25, 0.3) is 0 Å². The van der Waals surface area contributed by atoms with Gasteiger partial charge >= 0.3 is 0 Å². The third-order valence-electron chi connectivity index (χ3n) is 5.59. The van der Waals surface area contributed by atoms with Crippen LogP contribution in [0.5, 0.6) is 0 Å². The Balaban J connectivity index is 1.30. The van der Waals surface area contributed by atoms with Gasteiger partial charge in [-0.2, -0.15) is 5.26 Å². The zero-order chi connectivity index (χ0) is 20.3. The summed E-state index contributed by atoms with van der Waals surface area (Å²) in [7, 11) is 0. The smallest absolute Gasteiger partial charge is 0.148 e. The summed E-state index contributed by atoms with van der Waals surface area (Å²) in [5.74, 6) is 0.659. The molecule has 30 heavy (non-hydrogen) atoms. The van der Waals surface area contributed by atoms with E-state index in [0.29, 0.717) is 11.5 Å². The van der Waals surface area contributed by atoms with Crippen molar-refractivity contribution < 1.29 is 0 Å². The summed E-state index contributed by atoms with van der Waals surface area (Å²) in [4.78, 5) is 19.1. The molecule has 2 N–H and O–H groups in total. The molecular formula is C23H21N7. The highest BCUT2D eigenvalue weighted by Gasteiger charge is 2.27. The van der Waals surface area contributed by atoms with Crippen molar-refractivity contribution in [1.29, 1.82) is 5.26 Å². The summed E-state index contributed by atoms with van der Waals surface area (Å²) >= 11 is 0. The summed E-state index contributed by atoms with van der Waals surface area (Å²) in [5.41, 5.74) is 4.67. The van der Waals surface area contributed by atoms with Gasteiger partial charge in [0.05, 0.1) is 36.0 Å². The third-order valence-corrected chi connectivity index (χ3v) is 5.59. The maximum Gasteiger partial charge on any atom is 0.148 e. The molecule has 0 bridgehead atoms. The van der Waals surface area contributed by atoms with Crippen LogP contribution < -0.4 is 5.32 Å². The molecule has 148 valence electrons. The first-order valence-corrected chi connectivity index (χ1v) is 10.0. The Morgan fingerprint density at radius 1 is 1.10 bits per heavy atom. The molecule has 7 nitrogen and oxygen atoms in total. The van der Waals surface area contributed by atoms with E-state index in [2.05, 4.69) is 54.4 Å². The highest BCUT2D eigenvalue weighted by atomic mass is 15.2. The summed E-state index contributed by atoms with van der Waals surface area (Å²) in [6.45, 7) is 1.96. The number of hydrogen-bond acceptors (Lipinski definition) is 6. The van der Waals surface area contributed by atoms with Gasteiger partial charge in [0, 0.05) is 23.6 Å². The number of nitrogens with one attached hydrogen (secondary N) is 2. The van der Waals surface area contributed by atoms with Crippen LogP contribution in [0.3, 0.4) is 0 Å². The lowest BCUT2D eigenvalue weighted by Crippen LogP contribution is -2.23. The van der Waals surface area contributed by atoms with Crippen molar-refractivity contribution in [2.45, 2.75) is 25.4 Å². The largest absolute Gasteiger partial charge is 0.361 e. The molecule has 0 amide bonds. The Hall–Kier alpha value is -3.76. The number of aromatic amines is 1. The van der Waals surface area contributed by atoms with Crippen LogP contribution in [0.4, 0.5) is 11.5 Å². The minimum atomic E-state index is 0.275. The zero-order valence-corrected chi connectivity index (χ0v) is 16.4. The number of benzene rings is 1. The number of pyridine rings is 1. The molecule has 1 aliphatic rings. The van der Waals surface area contributed by atoms with Gasteiger partial charge in [-0.15, -0.1) is 0 Å². The van der Waals surface area contributed by atoms with Crippen molar-refractivity contribution in [1.82, 2.24) is 24.8 Å². The fourth-order valence-corrected chi connectivity index (χ4v) is 4.11. The van der Waals surface area contributed by atoms with Crippen LogP contribution in [-0.4, -0.2) is 31.4 Å². The van der Waals surface area contributed by atoms with E-state index < -0.39 is 0 Å². The van der Waals surface area contributed by atoms with Crippen LogP contribution in [-0.2, 0) is 6.54 Å². The van der Waals surface area contributed by atoms with E-state index in [1.807, 2.05) is 24.5 Å². The molecule has 0 saturated carbocycles. The average molecular weight is 395 g/mol. The monoisotopic (exact) mass is 395 g/mol. The van der Waals surface area contributed by atoms with E-state index in [9.17, 15) is 0 Å². The highest BCUT2D eigenvalue weighted by molar-refractivity contribution is 5.82. The summed E-state index contributed by atoms with van der Waals surface area (Å²) in [5, 5.41) is 13.3. The molecule has 0 unspecified atom stereocenters. The number of H-pyrrole nitrogens is 1. The Kier molecular flexibility index (Phi) is 4.83. The summed E-state index contributed by atoms with van der Waals surface area (Å²) in [6, 6.07) is 14.3. The number of nitrogens with zero attached hydrogens (tertiary/aromatic N) is 5. The second-order valence-electron chi connectivity index (χ2n) is 7.48. The van der Waals surface area contributed by atoms with E-state index in [1.54, 1.807) is 18.5 Å². The molecular weight excluding hydrogens is 374 g/mol. The molecule has 4 aromatic rings. The maximum atomic E-state index is 8.85. The molecule has 0 aliphatic carbocycles. The molecule has 4 heterocycles. The van der Waals surface area contributed by atoms with E-state index in [4.69, 9.17) is 5.26 Å². The lowest BCUT2D eigenvalue weighted by atomic mass is 10.1. The van der Waals surface area contributed by atoms with Gasteiger partial charge in [-0.25, -0.2) is 9.97 Å². The van der Waals surface area contributed by atoms with Gasteiger partial charge in [0.15, 0.2) is 0 Å². The number of rotatable bonds is 5. The van der Waals surface area contributed by atoms with Crippen molar-refractivity contribution >= 4 is 22.4 Å². The molecule has 1 aliphatic heterocycles. The molecule has 0 radical (unpaired) electrons. The predicted molar refractivity (Wildman–Crippen MR) is 115 cm³/mol. The second kappa shape index (κ2) is 7.93. The fourth-order valence-electron chi connectivity index (χ4n) is 4.11. The number of aromatic nitrogens is 4. The molecule has 1 atom stereocenters. The highest BCUT2D eigenvalue weighted by Crippen LogP contribution is 2.33. The fraction of sp³-hybridized carbons (Fsp3) is 0.217. The van der Waals surface area contributed by atoms with E-state index in [1.165, 1.54) is 16.5 Å². The van der Waals surface area contributed by atoms with Crippen LogP contribution in [0.1, 0.15) is 35.8 Å². The number of anilines is 2. The topological polar surface area (TPSA) is 93.5 Å². The van der Waals surface area contributed by atoms with Gasteiger partial charge in [0.1, 0.15) is 17.6 Å². The van der Waals surface area contributed by atoms with Crippen molar-refractivity contribution in [3.63, 3.8) is 0 Å². The number of nitriles is 1. The maximum absolute atomic E-state index is 8.85. The van der Waals surface area contributed by atoms with Crippen LogP contribution in [0.15, 0.2) is 61.2 Å². The van der Waals surface area contributed by atoms with Gasteiger partial charge in [-0.3, -0.25) is 9.88 Å². The van der Waals surface area contributed by atoms with Gasteiger partial charge in [0.2, 0.25) is 0 Å². The Morgan fingerprint density at radius 3 is 2.87 bits per heavy atom. The number of fused-ring (bicyclic) bond motifs is 1. The first kappa shape index (κ1) is 18.3. The Labute approximate surface area is 174 Å². The number of likely N-dealkylation sites (tertiary alicyclic amines) is 1. The lowest BCUT2D eigenvalue weighted by molar-refractivity contribution is 0.245. The van der Waals surface area contributed by atoms with Crippen molar-refractivity contribution in [3.05, 3.63) is 78.1 Å². The molecule has 1 fully saturated rings. The predicted octanol–water partition coefficient (Wildman–Crippen LogP) is 4.31. The van der Waals surface area contributed by atoms with E-state index in [-0.39, 0.29) is 6.04 Å². The van der Waals surface area contributed by atoms with Gasteiger partial charge in [-0.05, 0) is 49.2 Å². The quantitative estimate of drug-likeness (QED) is 0.523. The minimum absolute atomic E-state index is 0.275. The van der Waals surface area contributed by atoms with E-state index in [0.717, 1.165) is 37.3 Å². The second-order valence-corrected chi connectivity index (χ2v) is 7.48. The van der Waals surface area contributed by atoms with Crippen LogP contribution in [0.25, 0.3) is 10.9 Å². The molecule has 5 rings (SSSR count). The van der Waals surface area contributed by atoms with Gasteiger partial charge < -0.3 is 10.3 Å². The SMILES string of the molecule is N#Cc1ccc(Nc2cnc([C@@H]3CCCN3Cc3cccc4[nH]ccc34)cn2)cn1. The van der Waals surface area contributed by atoms with Crippen molar-refractivity contribution in [3.8, 4) is 6.07 Å². The van der Waals surface area contributed by atoms with Crippen molar-refractivity contribution in [2.75, 3.05) is 11.9 Å². The van der Waals surface area contributed by atoms with Gasteiger partial charge in [-0.1, -0.05) is 12.1 Å². The Morgan fingerprint density at radius 2 is 2.07 bits per heavy atom. The molecule has 7 heteroatoms. The molecule has 0 spiro atoms. The summed E-state index contributed by atoms with van der Waals surface area (Å²) in [6.07, 6.45) is 9.48. The van der Waals surface area contributed by atoms with Crippen molar-refractivity contribution in [2.24, 2.45) is 0 Å². The van der Waals surface area contributed by atoms with Crippen LogP contribution >= 0.6 is 0 Å². The Bertz CT molecular complexity index is 1190. The normalized spacial score (nSPS) is 16.6. The third kappa shape index (κ3) is 3.61. The lowest BCUT2D eigenvalue weighted by Gasteiger charge is -2.24. The van der Waals surface area contributed by atoms with Crippen LogP contribution in [0, 0.1) is 11.3 Å².